The molecule has 98 valence electrons. The van der Waals surface area contributed by atoms with Gasteiger partial charge < -0.3 is 14.5 Å². The summed E-state index contributed by atoms with van der Waals surface area (Å²) in [7, 11) is 0. The van der Waals surface area contributed by atoms with E-state index in [9.17, 15) is 9.59 Å². The van der Waals surface area contributed by atoms with Crippen molar-refractivity contribution in [2.24, 2.45) is 0 Å². The zero-order valence-corrected chi connectivity index (χ0v) is 10.4. The highest BCUT2D eigenvalue weighted by molar-refractivity contribution is 5.92. The van der Waals surface area contributed by atoms with Gasteiger partial charge in [-0.3, -0.25) is 9.59 Å². The molecule has 1 N–H and O–H groups in total. The number of pyridine rings is 1. The van der Waals surface area contributed by atoms with Crippen LogP contribution in [0.3, 0.4) is 0 Å². The third-order valence-electron chi connectivity index (χ3n) is 3.33. The molecule has 0 saturated heterocycles. The summed E-state index contributed by atoms with van der Waals surface area (Å²) in [6.07, 6.45) is 3.14. The van der Waals surface area contributed by atoms with Gasteiger partial charge >= 0.3 is 0 Å². The second-order valence-corrected chi connectivity index (χ2v) is 4.50. The number of aromatic amines is 1. The average Bonchev–Trinajstić information content (AvgIpc) is 2.88. The number of nitrogens with zero attached hydrogens (tertiary/aromatic N) is 4. The highest BCUT2D eigenvalue weighted by Crippen LogP contribution is 2.23. The summed E-state index contributed by atoms with van der Waals surface area (Å²) in [5.74, 6) is 0.567. The Bertz CT molecular complexity index is 675. The van der Waals surface area contributed by atoms with Crippen molar-refractivity contribution in [1.82, 2.24) is 24.6 Å². The van der Waals surface area contributed by atoms with Crippen molar-refractivity contribution in [2.75, 3.05) is 6.54 Å². The zero-order valence-electron chi connectivity index (χ0n) is 10.4. The van der Waals surface area contributed by atoms with E-state index in [0.29, 0.717) is 18.8 Å². The number of hydrogen-bond acceptors (Lipinski definition) is 4. The molecule has 0 aliphatic carbocycles. The molecule has 1 amide bonds. The first-order valence-electron chi connectivity index (χ1n) is 6.04. The van der Waals surface area contributed by atoms with Gasteiger partial charge in [0, 0.05) is 31.4 Å². The van der Waals surface area contributed by atoms with Crippen LogP contribution in [0, 0.1) is 0 Å². The van der Waals surface area contributed by atoms with Gasteiger partial charge in [0.05, 0.1) is 6.04 Å². The van der Waals surface area contributed by atoms with Gasteiger partial charge in [-0.05, 0) is 6.92 Å². The van der Waals surface area contributed by atoms with Crippen molar-refractivity contribution in [2.45, 2.75) is 19.5 Å². The smallest absolute Gasteiger partial charge is 0.271 e. The van der Waals surface area contributed by atoms with Gasteiger partial charge in [0.15, 0.2) is 11.3 Å². The van der Waals surface area contributed by atoms with E-state index in [1.807, 2.05) is 11.5 Å². The summed E-state index contributed by atoms with van der Waals surface area (Å²) < 4.78 is 1.93. The molecule has 7 heteroatoms. The molecular weight excluding hydrogens is 246 g/mol. The van der Waals surface area contributed by atoms with E-state index < -0.39 is 0 Å². The Hall–Kier alpha value is -2.44. The fraction of sp³-hybridized carbons (Fsp3) is 0.333. The second kappa shape index (κ2) is 4.34. The number of hydrogen-bond donors (Lipinski definition) is 1. The largest absolute Gasteiger partial charge is 0.357 e. The van der Waals surface area contributed by atoms with E-state index in [0.717, 1.165) is 5.82 Å². The van der Waals surface area contributed by atoms with E-state index in [1.165, 1.54) is 18.3 Å². The monoisotopic (exact) mass is 259 g/mol. The summed E-state index contributed by atoms with van der Waals surface area (Å²) in [6.45, 7) is 3.13. The van der Waals surface area contributed by atoms with Crippen LogP contribution in [0.25, 0.3) is 0 Å². The Balaban J connectivity index is 1.92. The Morgan fingerprint density at radius 1 is 1.47 bits per heavy atom. The lowest BCUT2D eigenvalue weighted by molar-refractivity contribution is 0.0631. The lowest BCUT2D eigenvalue weighted by Gasteiger charge is -2.33. The SMILES string of the molecule is CC1c2nncn2CCN1C(=O)c1cc(=O)cc[nH]1. The summed E-state index contributed by atoms with van der Waals surface area (Å²) in [5, 5.41) is 7.88. The van der Waals surface area contributed by atoms with Crippen LogP contribution in [0.2, 0.25) is 0 Å². The molecule has 0 aromatic carbocycles. The maximum absolute atomic E-state index is 12.4. The summed E-state index contributed by atoms with van der Waals surface area (Å²) in [4.78, 5) is 28.2. The Kier molecular flexibility index (Phi) is 2.66. The summed E-state index contributed by atoms with van der Waals surface area (Å²) in [6, 6.07) is 2.54. The molecule has 7 nitrogen and oxygen atoms in total. The minimum absolute atomic E-state index is 0.160. The zero-order chi connectivity index (χ0) is 13.4. The maximum atomic E-state index is 12.4. The molecule has 1 unspecified atom stereocenters. The number of carbonyl (C=O) groups is 1. The van der Waals surface area contributed by atoms with Crippen molar-refractivity contribution in [3.63, 3.8) is 0 Å². The predicted molar refractivity (Wildman–Crippen MR) is 66.5 cm³/mol. The van der Waals surface area contributed by atoms with Crippen LogP contribution in [0.15, 0.2) is 29.5 Å². The first-order chi connectivity index (χ1) is 9.16. The number of fused-ring (bicyclic) bond motifs is 1. The molecule has 3 heterocycles. The normalized spacial score (nSPS) is 18.2. The van der Waals surface area contributed by atoms with E-state index in [2.05, 4.69) is 15.2 Å². The van der Waals surface area contributed by atoms with E-state index >= 15 is 0 Å². The number of rotatable bonds is 1. The van der Waals surface area contributed by atoms with Crippen molar-refractivity contribution >= 4 is 5.91 Å². The third-order valence-corrected chi connectivity index (χ3v) is 3.33. The molecule has 0 spiro atoms. The summed E-state index contributed by atoms with van der Waals surface area (Å²) in [5.41, 5.74) is 0.113. The maximum Gasteiger partial charge on any atom is 0.271 e. The lowest BCUT2D eigenvalue weighted by Crippen LogP contribution is -2.41. The first kappa shape index (κ1) is 11.6. The number of nitrogens with one attached hydrogen (secondary N) is 1. The van der Waals surface area contributed by atoms with Gasteiger partial charge in [-0.25, -0.2) is 0 Å². The topological polar surface area (TPSA) is 83.9 Å². The lowest BCUT2D eigenvalue weighted by atomic mass is 10.2. The Morgan fingerprint density at radius 3 is 3.11 bits per heavy atom. The average molecular weight is 259 g/mol. The van der Waals surface area contributed by atoms with E-state index in [-0.39, 0.29) is 17.4 Å². The van der Waals surface area contributed by atoms with Crippen molar-refractivity contribution < 1.29 is 4.79 Å². The van der Waals surface area contributed by atoms with Gasteiger partial charge in [0.2, 0.25) is 0 Å². The van der Waals surface area contributed by atoms with Gasteiger partial charge in [0.1, 0.15) is 12.0 Å². The van der Waals surface area contributed by atoms with Crippen LogP contribution in [-0.4, -0.2) is 37.1 Å². The molecule has 2 aromatic heterocycles. The number of aromatic nitrogens is 4. The standard InChI is InChI=1S/C12H13N5O2/c1-8-11-15-14-7-16(11)4-5-17(8)12(19)10-6-9(18)2-3-13-10/h2-3,6-8H,4-5H2,1H3,(H,13,18). The highest BCUT2D eigenvalue weighted by Gasteiger charge is 2.30. The molecule has 1 atom stereocenters. The first-order valence-corrected chi connectivity index (χ1v) is 6.04. The minimum Gasteiger partial charge on any atom is -0.357 e. The van der Waals surface area contributed by atoms with Crippen LogP contribution >= 0.6 is 0 Å². The second-order valence-electron chi connectivity index (χ2n) is 4.50. The molecule has 0 fully saturated rings. The van der Waals surface area contributed by atoms with Crippen LogP contribution in [0.4, 0.5) is 0 Å². The number of carbonyl (C=O) groups excluding carboxylic acids is 1. The fourth-order valence-electron chi connectivity index (χ4n) is 2.31. The molecule has 19 heavy (non-hydrogen) atoms. The molecule has 0 saturated carbocycles. The molecular formula is C12H13N5O2. The summed E-state index contributed by atoms with van der Waals surface area (Å²) >= 11 is 0. The molecule has 0 bridgehead atoms. The van der Waals surface area contributed by atoms with Crippen LogP contribution < -0.4 is 5.43 Å². The van der Waals surface area contributed by atoms with Crippen molar-refractivity contribution in [3.8, 4) is 0 Å². The van der Waals surface area contributed by atoms with E-state index in [4.69, 9.17) is 0 Å². The van der Waals surface area contributed by atoms with Crippen LogP contribution in [0.1, 0.15) is 29.3 Å². The van der Waals surface area contributed by atoms with Gasteiger partial charge in [0.25, 0.3) is 5.91 Å². The van der Waals surface area contributed by atoms with Gasteiger partial charge in [-0.1, -0.05) is 0 Å². The molecule has 0 radical (unpaired) electrons. The van der Waals surface area contributed by atoms with Crippen LogP contribution in [0.5, 0.6) is 0 Å². The third kappa shape index (κ3) is 1.92. The van der Waals surface area contributed by atoms with E-state index in [1.54, 1.807) is 11.2 Å². The number of amides is 1. The Labute approximate surface area is 108 Å². The molecule has 3 rings (SSSR count). The number of H-pyrrole nitrogens is 1. The van der Waals surface area contributed by atoms with Gasteiger partial charge in [-0.15, -0.1) is 10.2 Å². The molecule has 1 aliphatic rings. The predicted octanol–water partition coefficient (Wildman–Crippen LogP) is 0.183. The molecule has 1 aliphatic heterocycles. The quantitative estimate of drug-likeness (QED) is 0.792. The van der Waals surface area contributed by atoms with Crippen molar-refractivity contribution in [3.05, 3.63) is 46.4 Å². The molecule has 2 aromatic rings. The minimum atomic E-state index is -0.195. The Morgan fingerprint density at radius 2 is 2.32 bits per heavy atom. The van der Waals surface area contributed by atoms with Crippen molar-refractivity contribution in [1.29, 1.82) is 0 Å². The fourth-order valence-corrected chi connectivity index (χ4v) is 2.31. The van der Waals surface area contributed by atoms with Gasteiger partial charge in [-0.2, -0.15) is 0 Å². The highest BCUT2D eigenvalue weighted by atomic mass is 16.2. The van der Waals surface area contributed by atoms with Crippen LogP contribution in [-0.2, 0) is 6.54 Å².